The Hall–Kier alpha value is -2.20. The second-order valence-corrected chi connectivity index (χ2v) is 6.11. The van der Waals surface area contributed by atoms with Gasteiger partial charge in [0.1, 0.15) is 0 Å². The lowest BCUT2D eigenvalue weighted by Gasteiger charge is -2.21. The Morgan fingerprint density at radius 1 is 1.05 bits per heavy atom. The first-order chi connectivity index (χ1) is 10.0. The Morgan fingerprint density at radius 3 is 2.14 bits per heavy atom. The van der Waals surface area contributed by atoms with Crippen molar-refractivity contribution in [3.8, 4) is 0 Å². The van der Waals surface area contributed by atoms with E-state index in [1.54, 1.807) is 43.3 Å². The van der Waals surface area contributed by atoms with Gasteiger partial charge in [0.2, 0.25) is 0 Å². The Bertz CT molecular complexity index is 678. The van der Waals surface area contributed by atoms with Gasteiger partial charge < -0.3 is 0 Å². The maximum absolute atomic E-state index is 12.8. The van der Waals surface area contributed by atoms with Gasteiger partial charge in [-0.1, -0.05) is 42.5 Å². The molecule has 3 nitrogen and oxygen atoms in total. The van der Waals surface area contributed by atoms with Crippen molar-refractivity contribution in [2.24, 2.45) is 0 Å². The molecule has 2 aromatic carbocycles. The van der Waals surface area contributed by atoms with Crippen molar-refractivity contribution < 1.29 is 9.00 Å². The van der Waals surface area contributed by atoms with Crippen LogP contribution in [0.3, 0.4) is 0 Å². The summed E-state index contributed by atoms with van der Waals surface area (Å²) in [5, 5.41) is 0. The van der Waals surface area contributed by atoms with E-state index in [9.17, 15) is 9.00 Å². The average molecular weight is 299 g/mol. The number of benzene rings is 2. The number of carbonyl (C=O) groups excluding carboxylic acids is 1. The molecule has 0 unspecified atom stereocenters. The zero-order valence-corrected chi connectivity index (χ0v) is 12.9. The zero-order chi connectivity index (χ0) is 15.4. The predicted octanol–water partition coefficient (Wildman–Crippen LogP) is 3.63. The van der Waals surface area contributed by atoms with Crippen LogP contribution in [0.4, 0.5) is 5.69 Å². The molecule has 0 fully saturated rings. The minimum atomic E-state index is -1.61. The van der Waals surface area contributed by atoms with E-state index in [4.69, 9.17) is 0 Å². The highest BCUT2D eigenvalue weighted by Crippen LogP contribution is 2.23. The summed E-state index contributed by atoms with van der Waals surface area (Å²) in [5.41, 5.74) is 2.02. The van der Waals surface area contributed by atoms with E-state index in [1.807, 2.05) is 25.1 Å². The molecule has 21 heavy (non-hydrogen) atoms. The fourth-order valence-corrected chi connectivity index (χ4v) is 3.00. The number of rotatable bonds is 4. The van der Waals surface area contributed by atoms with Crippen LogP contribution in [0.2, 0.25) is 0 Å². The summed E-state index contributed by atoms with van der Waals surface area (Å²) in [4.78, 5) is 13.0. The van der Waals surface area contributed by atoms with Gasteiger partial charge in [-0.05, 0) is 38.1 Å². The molecule has 0 aromatic heterocycles. The van der Waals surface area contributed by atoms with Crippen LogP contribution >= 0.6 is 0 Å². The highest BCUT2D eigenvalue weighted by Gasteiger charge is 2.23. The highest BCUT2D eigenvalue weighted by molar-refractivity contribution is 7.87. The molecular weight excluding hydrogens is 282 g/mol. The zero-order valence-electron chi connectivity index (χ0n) is 12.1. The number of carbonyl (C=O) groups is 1. The van der Waals surface area contributed by atoms with E-state index in [-0.39, 0.29) is 5.91 Å². The standard InChI is InChI=1S/C17H17NO2S/c1-13(2)17(19)18(15-11-9-14(3)10-12-15)21(20)16-7-5-4-6-8-16/h4-12H,1H2,2-3H3/t21-/m0/s1. The van der Waals surface area contributed by atoms with Gasteiger partial charge in [-0.15, -0.1) is 0 Å². The van der Waals surface area contributed by atoms with Gasteiger partial charge in [-0.3, -0.25) is 4.79 Å². The monoisotopic (exact) mass is 299 g/mol. The van der Waals surface area contributed by atoms with E-state index in [2.05, 4.69) is 6.58 Å². The molecule has 0 saturated heterocycles. The maximum Gasteiger partial charge on any atom is 0.265 e. The third-order valence-corrected chi connectivity index (χ3v) is 4.31. The Balaban J connectivity index is 2.46. The molecule has 0 bridgehead atoms. The molecule has 1 amide bonds. The minimum Gasteiger partial charge on any atom is -0.268 e. The molecule has 0 aliphatic heterocycles. The Labute approximate surface area is 127 Å². The van der Waals surface area contributed by atoms with Crippen LogP contribution in [0, 0.1) is 6.92 Å². The summed E-state index contributed by atoms with van der Waals surface area (Å²) in [6.45, 7) is 7.25. The van der Waals surface area contributed by atoms with Crippen molar-refractivity contribution in [2.75, 3.05) is 4.31 Å². The molecule has 0 radical (unpaired) electrons. The number of nitrogens with zero attached hydrogens (tertiary/aromatic N) is 1. The summed E-state index contributed by atoms with van der Waals surface area (Å²) in [6.07, 6.45) is 0. The lowest BCUT2D eigenvalue weighted by atomic mass is 10.2. The first-order valence-electron chi connectivity index (χ1n) is 6.54. The molecule has 2 rings (SSSR count). The predicted molar refractivity (Wildman–Crippen MR) is 86.3 cm³/mol. The first-order valence-corrected chi connectivity index (χ1v) is 7.65. The van der Waals surface area contributed by atoms with Gasteiger partial charge in [0.05, 0.1) is 10.6 Å². The lowest BCUT2D eigenvalue weighted by Crippen LogP contribution is -2.33. The fourth-order valence-electron chi connectivity index (χ4n) is 1.78. The number of aryl methyl sites for hydroxylation is 1. The van der Waals surface area contributed by atoms with Crippen LogP contribution in [0.25, 0.3) is 0 Å². The number of hydrogen-bond donors (Lipinski definition) is 0. The first kappa shape index (κ1) is 15.2. The van der Waals surface area contributed by atoms with E-state index >= 15 is 0 Å². The van der Waals surface area contributed by atoms with Crippen molar-refractivity contribution in [3.63, 3.8) is 0 Å². The second kappa shape index (κ2) is 6.50. The van der Waals surface area contributed by atoms with E-state index < -0.39 is 11.0 Å². The molecule has 0 spiro atoms. The van der Waals surface area contributed by atoms with E-state index in [0.717, 1.165) is 5.56 Å². The van der Waals surface area contributed by atoms with Crippen LogP contribution in [-0.2, 0) is 15.8 Å². The van der Waals surface area contributed by atoms with Gasteiger partial charge in [-0.25, -0.2) is 8.51 Å². The largest absolute Gasteiger partial charge is 0.268 e. The van der Waals surface area contributed by atoms with Crippen molar-refractivity contribution in [3.05, 3.63) is 72.3 Å². The van der Waals surface area contributed by atoms with Gasteiger partial charge in [0.25, 0.3) is 5.91 Å². The van der Waals surface area contributed by atoms with Gasteiger partial charge in [0.15, 0.2) is 11.0 Å². The molecule has 1 atom stereocenters. The van der Waals surface area contributed by atoms with Crippen LogP contribution in [-0.4, -0.2) is 10.1 Å². The molecule has 4 heteroatoms. The number of anilines is 1. The summed E-state index contributed by atoms with van der Waals surface area (Å²) in [7, 11) is -1.61. The minimum absolute atomic E-state index is 0.346. The SMILES string of the molecule is C=C(C)C(=O)N(c1ccc(C)cc1)[S@@](=O)c1ccccc1. The van der Waals surface area contributed by atoms with Crippen molar-refractivity contribution in [1.82, 2.24) is 0 Å². The van der Waals surface area contributed by atoms with Gasteiger partial charge in [-0.2, -0.15) is 0 Å². The summed E-state index contributed by atoms with van der Waals surface area (Å²) < 4.78 is 14.0. The van der Waals surface area contributed by atoms with Crippen molar-refractivity contribution >= 4 is 22.6 Å². The van der Waals surface area contributed by atoms with Crippen molar-refractivity contribution in [1.29, 1.82) is 0 Å². The van der Waals surface area contributed by atoms with Crippen molar-refractivity contribution in [2.45, 2.75) is 18.7 Å². The molecule has 0 N–H and O–H groups in total. The van der Waals surface area contributed by atoms with Gasteiger partial charge >= 0.3 is 0 Å². The molecule has 0 aliphatic carbocycles. The topological polar surface area (TPSA) is 37.4 Å². The fraction of sp³-hybridized carbons (Fsp3) is 0.118. The maximum atomic E-state index is 12.8. The third kappa shape index (κ3) is 3.47. The molecule has 108 valence electrons. The molecule has 0 aliphatic rings. The average Bonchev–Trinajstić information content (AvgIpc) is 2.50. The molecular formula is C17H17NO2S. The number of amides is 1. The highest BCUT2D eigenvalue weighted by atomic mass is 32.2. The normalized spacial score (nSPS) is 11.7. The summed E-state index contributed by atoms with van der Waals surface area (Å²) in [5.74, 6) is -0.346. The quantitative estimate of drug-likeness (QED) is 0.809. The van der Waals surface area contributed by atoms with E-state index in [1.165, 1.54) is 4.31 Å². The smallest absolute Gasteiger partial charge is 0.265 e. The van der Waals surface area contributed by atoms with Crippen LogP contribution in [0.5, 0.6) is 0 Å². The molecule has 0 heterocycles. The Morgan fingerprint density at radius 2 is 1.62 bits per heavy atom. The van der Waals surface area contributed by atoms with Crippen LogP contribution in [0.1, 0.15) is 12.5 Å². The van der Waals surface area contributed by atoms with Crippen LogP contribution in [0.15, 0.2) is 71.6 Å². The molecule has 0 saturated carbocycles. The second-order valence-electron chi connectivity index (χ2n) is 4.78. The van der Waals surface area contributed by atoms with Gasteiger partial charge in [0, 0.05) is 5.57 Å². The summed E-state index contributed by atoms with van der Waals surface area (Å²) in [6, 6.07) is 16.3. The molecule has 2 aromatic rings. The van der Waals surface area contributed by atoms with E-state index in [0.29, 0.717) is 16.2 Å². The third-order valence-electron chi connectivity index (χ3n) is 2.93. The lowest BCUT2D eigenvalue weighted by molar-refractivity contribution is -0.113. The summed E-state index contributed by atoms with van der Waals surface area (Å²) >= 11 is 0. The van der Waals surface area contributed by atoms with Crippen LogP contribution < -0.4 is 4.31 Å². The number of hydrogen-bond acceptors (Lipinski definition) is 2. The Kier molecular flexibility index (Phi) is 4.70.